The highest BCUT2D eigenvalue weighted by Crippen LogP contribution is 2.09. The van der Waals surface area contributed by atoms with Crippen molar-refractivity contribution in [3.8, 4) is 0 Å². The summed E-state index contributed by atoms with van der Waals surface area (Å²) in [4.78, 5) is 35.3. The molecule has 6 atom stereocenters. The van der Waals surface area contributed by atoms with Crippen LogP contribution >= 0.6 is 0 Å². The number of rotatable bonds is 9. The van der Waals surface area contributed by atoms with E-state index in [2.05, 4.69) is 10.6 Å². The first kappa shape index (κ1) is 21.3. The lowest BCUT2D eigenvalue weighted by Gasteiger charge is -2.27. The molecule has 0 heterocycles. The molecular formula is C14H27N3O6. The first-order valence-electron chi connectivity index (χ1n) is 7.48. The summed E-state index contributed by atoms with van der Waals surface area (Å²) in [6.07, 6.45) is -1.86. The average molecular weight is 333 g/mol. The predicted octanol–water partition coefficient (Wildman–Crippen LogP) is -1.82. The Bertz CT molecular complexity index is 427. The van der Waals surface area contributed by atoms with Crippen molar-refractivity contribution in [3.05, 3.63) is 0 Å². The van der Waals surface area contributed by atoms with Crippen molar-refractivity contribution in [2.75, 3.05) is 0 Å². The van der Waals surface area contributed by atoms with Crippen molar-refractivity contribution < 1.29 is 29.7 Å². The second-order valence-electron chi connectivity index (χ2n) is 5.70. The van der Waals surface area contributed by atoms with Gasteiger partial charge in [-0.2, -0.15) is 0 Å². The molecule has 0 aromatic rings. The third kappa shape index (κ3) is 6.51. The van der Waals surface area contributed by atoms with E-state index in [1.165, 1.54) is 13.8 Å². The van der Waals surface area contributed by atoms with Crippen LogP contribution in [0.2, 0.25) is 0 Å². The van der Waals surface area contributed by atoms with Gasteiger partial charge in [0.15, 0.2) is 6.04 Å². The van der Waals surface area contributed by atoms with E-state index < -0.39 is 48.1 Å². The van der Waals surface area contributed by atoms with Crippen LogP contribution in [0.4, 0.5) is 0 Å². The van der Waals surface area contributed by atoms with Gasteiger partial charge >= 0.3 is 5.97 Å². The van der Waals surface area contributed by atoms with Crippen LogP contribution < -0.4 is 16.4 Å². The van der Waals surface area contributed by atoms with Gasteiger partial charge in [0, 0.05) is 0 Å². The van der Waals surface area contributed by atoms with Crippen molar-refractivity contribution in [3.63, 3.8) is 0 Å². The van der Waals surface area contributed by atoms with E-state index in [1.807, 2.05) is 0 Å². The summed E-state index contributed by atoms with van der Waals surface area (Å²) in [5.41, 5.74) is 5.52. The van der Waals surface area contributed by atoms with Crippen molar-refractivity contribution in [1.29, 1.82) is 0 Å². The molecule has 0 aliphatic heterocycles. The fourth-order valence-corrected chi connectivity index (χ4v) is 1.80. The molecule has 23 heavy (non-hydrogen) atoms. The zero-order valence-corrected chi connectivity index (χ0v) is 13.8. The summed E-state index contributed by atoms with van der Waals surface area (Å²) in [5, 5.41) is 32.4. The molecule has 7 N–H and O–H groups in total. The number of aliphatic hydroxyl groups excluding tert-OH is 2. The normalized spacial score (nSPS) is 18.9. The Morgan fingerprint density at radius 2 is 1.43 bits per heavy atom. The summed E-state index contributed by atoms with van der Waals surface area (Å²) in [6.45, 7) is 6.08. The average Bonchev–Trinajstić information content (AvgIpc) is 2.47. The zero-order chi connectivity index (χ0) is 18.3. The fraction of sp³-hybridized carbons (Fsp3) is 0.786. The number of hydrogen-bond donors (Lipinski definition) is 6. The molecule has 0 saturated carbocycles. The van der Waals surface area contributed by atoms with E-state index in [0.29, 0.717) is 6.42 Å². The van der Waals surface area contributed by atoms with Gasteiger partial charge in [-0.3, -0.25) is 9.59 Å². The minimum Gasteiger partial charge on any atom is -0.480 e. The molecule has 0 radical (unpaired) electrons. The molecule has 0 bridgehead atoms. The molecule has 0 aliphatic carbocycles. The summed E-state index contributed by atoms with van der Waals surface area (Å²) < 4.78 is 0. The number of amides is 2. The molecule has 0 aromatic carbocycles. The van der Waals surface area contributed by atoms with Crippen LogP contribution in [0, 0.1) is 5.92 Å². The summed E-state index contributed by atoms with van der Waals surface area (Å²) in [6, 6.07) is -3.73. The smallest absolute Gasteiger partial charge is 0.328 e. The van der Waals surface area contributed by atoms with E-state index in [4.69, 9.17) is 10.8 Å². The second-order valence-corrected chi connectivity index (χ2v) is 5.70. The highest BCUT2D eigenvalue weighted by Gasteiger charge is 2.33. The summed E-state index contributed by atoms with van der Waals surface area (Å²) in [5.74, 6) is -3.14. The Hall–Kier alpha value is -1.71. The lowest BCUT2D eigenvalue weighted by atomic mass is 9.97. The first-order chi connectivity index (χ1) is 10.5. The van der Waals surface area contributed by atoms with Crippen molar-refractivity contribution >= 4 is 17.8 Å². The number of carbonyl (C=O) groups is 3. The van der Waals surface area contributed by atoms with Crippen LogP contribution in [0.3, 0.4) is 0 Å². The number of carboxylic acids is 1. The quantitative estimate of drug-likeness (QED) is 0.289. The van der Waals surface area contributed by atoms with Gasteiger partial charge < -0.3 is 31.7 Å². The standard InChI is InChI=1S/C14H27N3O6/c1-5-6(2)10(16-12(20)9(15)7(3)18)13(21)17-11(8(4)19)14(22)23/h6-11,18-19H,5,15H2,1-4H3,(H,16,20)(H,17,21)(H,22,23). The first-order valence-corrected chi connectivity index (χ1v) is 7.48. The number of aliphatic carboxylic acids is 1. The van der Waals surface area contributed by atoms with Crippen LogP contribution in [-0.4, -0.2) is 63.4 Å². The second kappa shape index (κ2) is 9.43. The zero-order valence-electron chi connectivity index (χ0n) is 13.8. The topological polar surface area (TPSA) is 162 Å². The molecule has 0 saturated heterocycles. The van der Waals surface area contributed by atoms with Crippen LogP contribution in [0.25, 0.3) is 0 Å². The van der Waals surface area contributed by atoms with Crippen molar-refractivity contribution in [2.24, 2.45) is 11.7 Å². The van der Waals surface area contributed by atoms with Crippen molar-refractivity contribution in [1.82, 2.24) is 10.6 Å². The third-order valence-electron chi connectivity index (χ3n) is 3.66. The van der Waals surface area contributed by atoms with Gasteiger partial charge in [0.05, 0.1) is 12.2 Å². The number of nitrogens with two attached hydrogens (primary N) is 1. The molecule has 134 valence electrons. The SMILES string of the molecule is CCC(C)C(NC(=O)C(N)C(C)O)C(=O)NC(C(=O)O)C(C)O. The molecule has 2 amide bonds. The highest BCUT2D eigenvalue weighted by molar-refractivity contribution is 5.92. The molecular weight excluding hydrogens is 306 g/mol. The number of aliphatic hydroxyl groups is 2. The van der Waals surface area contributed by atoms with Crippen LogP contribution in [0.5, 0.6) is 0 Å². The van der Waals surface area contributed by atoms with Crippen LogP contribution in [0.1, 0.15) is 34.1 Å². The van der Waals surface area contributed by atoms with E-state index in [9.17, 15) is 24.6 Å². The van der Waals surface area contributed by atoms with Gasteiger partial charge in [-0.1, -0.05) is 20.3 Å². The van der Waals surface area contributed by atoms with E-state index in [0.717, 1.165) is 0 Å². The van der Waals surface area contributed by atoms with Crippen LogP contribution in [0.15, 0.2) is 0 Å². The Morgan fingerprint density at radius 3 is 1.78 bits per heavy atom. The van der Waals surface area contributed by atoms with Gasteiger partial charge in [0.25, 0.3) is 0 Å². The minimum atomic E-state index is -1.49. The number of nitrogens with one attached hydrogen (secondary N) is 2. The molecule has 0 fully saturated rings. The lowest BCUT2D eigenvalue weighted by Crippen LogP contribution is -2.59. The Balaban J connectivity index is 5.14. The maximum absolute atomic E-state index is 12.3. The molecule has 6 unspecified atom stereocenters. The minimum absolute atomic E-state index is 0.302. The van der Waals surface area contributed by atoms with Crippen LogP contribution in [-0.2, 0) is 14.4 Å². The lowest BCUT2D eigenvalue weighted by molar-refractivity contribution is -0.145. The number of carbonyl (C=O) groups excluding carboxylic acids is 2. The van der Waals surface area contributed by atoms with Gasteiger partial charge in [-0.25, -0.2) is 4.79 Å². The fourth-order valence-electron chi connectivity index (χ4n) is 1.80. The maximum Gasteiger partial charge on any atom is 0.328 e. The predicted molar refractivity (Wildman–Crippen MR) is 82.3 cm³/mol. The van der Waals surface area contributed by atoms with Gasteiger partial charge in [-0.05, 0) is 19.8 Å². The van der Waals surface area contributed by atoms with Gasteiger partial charge in [-0.15, -0.1) is 0 Å². The monoisotopic (exact) mass is 333 g/mol. The van der Waals surface area contributed by atoms with E-state index in [1.54, 1.807) is 13.8 Å². The largest absolute Gasteiger partial charge is 0.480 e. The van der Waals surface area contributed by atoms with Gasteiger partial charge in [0.1, 0.15) is 12.1 Å². The van der Waals surface area contributed by atoms with Crippen molar-refractivity contribution in [2.45, 2.75) is 64.4 Å². The van der Waals surface area contributed by atoms with Gasteiger partial charge in [0.2, 0.25) is 11.8 Å². The summed E-state index contributed by atoms with van der Waals surface area (Å²) >= 11 is 0. The molecule has 0 aliphatic rings. The molecule has 0 aromatic heterocycles. The molecule has 0 spiro atoms. The molecule has 9 heteroatoms. The highest BCUT2D eigenvalue weighted by atomic mass is 16.4. The number of hydrogen-bond acceptors (Lipinski definition) is 6. The Kier molecular flexibility index (Phi) is 8.73. The maximum atomic E-state index is 12.3. The Morgan fingerprint density at radius 1 is 0.957 bits per heavy atom. The van der Waals surface area contributed by atoms with E-state index >= 15 is 0 Å². The third-order valence-corrected chi connectivity index (χ3v) is 3.66. The molecule has 0 rings (SSSR count). The Labute approximate surface area is 135 Å². The summed E-state index contributed by atoms with van der Waals surface area (Å²) in [7, 11) is 0. The number of carboxylic acid groups (broad SMARTS) is 1. The van der Waals surface area contributed by atoms with E-state index in [-0.39, 0.29) is 5.92 Å². The molecule has 9 nitrogen and oxygen atoms in total.